The molecule has 0 spiro atoms. The summed E-state index contributed by atoms with van der Waals surface area (Å²) in [6.45, 7) is 6.62. The van der Waals surface area contributed by atoms with Gasteiger partial charge in [-0.05, 0) is 77.0 Å². The van der Waals surface area contributed by atoms with Crippen molar-refractivity contribution >= 4 is 17.9 Å². The molecule has 0 aromatic heterocycles. The van der Waals surface area contributed by atoms with Crippen LogP contribution in [-0.4, -0.2) is 37.2 Å². The fourth-order valence-electron chi connectivity index (χ4n) is 8.75. The van der Waals surface area contributed by atoms with Crippen LogP contribution in [0.5, 0.6) is 0 Å². The second kappa shape index (κ2) is 57.9. The van der Waals surface area contributed by atoms with Gasteiger partial charge < -0.3 is 14.2 Å². The van der Waals surface area contributed by atoms with Gasteiger partial charge in [0.05, 0.1) is 0 Å². The van der Waals surface area contributed by atoms with E-state index in [-0.39, 0.29) is 31.1 Å². The van der Waals surface area contributed by atoms with Gasteiger partial charge in [0.25, 0.3) is 0 Å². The smallest absolute Gasteiger partial charge is 0.306 e. The summed E-state index contributed by atoms with van der Waals surface area (Å²) < 4.78 is 16.8. The molecule has 0 aliphatic carbocycles. The molecule has 1 atom stereocenters. The molecule has 0 bridgehead atoms. The van der Waals surface area contributed by atoms with Crippen molar-refractivity contribution in [1.29, 1.82) is 0 Å². The average Bonchev–Trinajstić information content (AvgIpc) is 3.35. The standard InChI is InChI=1S/C63H114O6/c1-4-7-10-13-16-19-22-25-27-29-30-31-32-34-36-39-42-45-48-51-54-57-63(66)69-60(58-67-61(64)55-52-49-46-43-40-37-24-21-18-15-12-9-6-3)59-68-62(65)56-53-50-47-44-41-38-35-33-28-26-23-20-17-14-11-8-5-2/h25-28,35,38,44,47,60H,4-24,29-34,36-37,39-43,45-46,48-59H2,1-3H3/b27-25-,28-26-,38-35-,47-44-/t60-/m0/s1. The molecule has 0 heterocycles. The lowest BCUT2D eigenvalue weighted by Gasteiger charge is -2.18. The molecular formula is C63H114O6. The van der Waals surface area contributed by atoms with Crippen LogP contribution in [-0.2, 0) is 28.6 Å². The molecule has 0 aromatic rings. The van der Waals surface area contributed by atoms with Gasteiger partial charge in [-0.25, -0.2) is 0 Å². The number of hydrogen-bond acceptors (Lipinski definition) is 6. The fraction of sp³-hybridized carbons (Fsp3) is 0.825. The number of esters is 3. The summed E-state index contributed by atoms with van der Waals surface area (Å²) in [5.74, 6) is -0.925. The molecule has 0 saturated heterocycles. The van der Waals surface area contributed by atoms with Gasteiger partial charge in [-0.1, -0.05) is 268 Å². The molecule has 0 aromatic carbocycles. The molecule has 0 N–H and O–H groups in total. The lowest BCUT2D eigenvalue weighted by molar-refractivity contribution is -0.167. The average molecular weight is 968 g/mol. The van der Waals surface area contributed by atoms with Crippen molar-refractivity contribution in [1.82, 2.24) is 0 Å². The van der Waals surface area contributed by atoms with E-state index < -0.39 is 6.10 Å². The van der Waals surface area contributed by atoms with Crippen molar-refractivity contribution in [2.24, 2.45) is 0 Å². The first-order valence-electron chi connectivity index (χ1n) is 30.1. The largest absolute Gasteiger partial charge is 0.462 e. The first kappa shape index (κ1) is 66.4. The number of allylic oxidation sites excluding steroid dienone is 8. The minimum atomic E-state index is -0.791. The van der Waals surface area contributed by atoms with Crippen molar-refractivity contribution in [2.45, 2.75) is 322 Å². The van der Waals surface area contributed by atoms with Crippen molar-refractivity contribution in [3.8, 4) is 0 Å². The summed E-state index contributed by atoms with van der Waals surface area (Å²) in [5, 5.41) is 0. The fourth-order valence-corrected chi connectivity index (χ4v) is 8.75. The lowest BCUT2D eigenvalue weighted by atomic mass is 10.0. The van der Waals surface area contributed by atoms with E-state index in [9.17, 15) is 14.4 Å². The second-order valence-corrected chi connectivity index (χ2v) is 20.3. The summed E-state index contributed by atoms with van der Waals surface area (Å²) >= 11 is 0. The van der Waals surface area contributed by atoms with Crippen LogP contribution < -0.4 is 0 Å². The van der Waals surface area contributed by atoms with E-state index in [1.807, 2.05) is 0 Å². The number of ether oxygens (including phenoxy) is 3. The molecule has 6 nitrogen and oxygen atoms in total. The Morgan fingerprint density at radius 3 is 0.884 bits per heavy atom. The van der Waals surface area contributed by atoms with E-state index in [2.05, 4.69) is 69.4 Å². The monoisotopic (exact) mass is 967 g/mol. The quantitative estimate of drug-likeness (QED) is 0.0262. The van der Waals surface area contributed by atoms with Crippen molar-refractivity contribution in [3.63, 3.8) is 0 Å². The van der Waals surface area contributed by atoms with Gasteiger partial charge in [0.1, 0.15) is 13.2 Å². The van der Waals surface area contributed by atoms with Crippen molar-refractivity contribution in [3.05, 3.63) is 48.6 Å². The van der Waals surface area contributed by atoms with E-state index in [1.165, 1.54) is 212 Å². The molecule has 6 heteroatoms. The van der Waals surface area contributed by atoms with Crippen LogP contribution in [0.1, 0.15) is 316 Å². The van der Waals surface area contributed by atoms with E-state index in [4.69, 9.17) is 14.2 Å². The van der Waals surface area contributed by atoms with Crippen LogP contribution in [0.15, 0.2) is 48.6 Å². The molecule has 0 amide bonds. The highest BCUT2D eigenvalue weighted by Crippen LogP contribution is 2.16. The molecule has 0 radical (unpaired) electrons. The Labute approximate surface area is 428 Å². The van der Waals surface area contributed by atoms with Gasteiger partial charge in [-0.3, -0.25) is 14.4 Å². The molecule has 0 rings (SSSR count). The maximum Gasteiger partial charge on any atom is 0.306 e. The SMILES string of the molecule is CCCCCCCC/C=C\C/C=C\C/C=C\CCCC(=O)OC[C@H](COC(=O)CCCCCCCCCCCCCCC)OC(=O)CCCCCCCCCCCCC/C=C\CCCCCCCC. The Kier molecular flexibility index (Phi) is 55.7. The van der Waals surface area contributed by atoms with Crippen LogP contribution in [0.3, 0.4) is 0 Å². The van der Waals surface area contributed by atoms with E-state index in [0.29, 0.717) is 25.7 Å². The Hall–Kier alpha value is -2.63. The van der Waals surface area contributed by atoms with Crippen LogP contribution in [0.25, 0.3) is 0 Å². The molecule has 402 valence electrons. The number of unbranched alkanes of at least 4 members (excludes halogenated alkanes) is 36. The predicted molar refractivity (Wildman–Crippen MR) is 298 cm³/mol. The highest BCUT2D eigenvalue weighted by Gasteiger charge is 2.19. The van der Waals surface area contributed by atoms with E-state index >= 15 is 0 Å². The lowest BCUT2D eigenvalue weighted by Crippen LogP contribution is -2.30. The highest BCUT2D eigenvalue weighted by atomic mass is 16.6. The van der Waals surface area contributed by atoms with Gasteiger partial charge in [-0.15, -0.1) is 0 Å². The number of carbonyl (C=O) groups is 3. The third-order valence-electron chi connectivity index (χ3n) is 13.3. The summed E-state index contributed by atoms with van der Waals surface area (Å²) in [5.41, 5.74) is 0. The predicted octanol–water partition coefficient (Wildman–Crippen LogP) is 20.2. The van der Waals surface area contributed by atoms with Crippen molar-refractivity contribution < 1.29 is 28.6 Å². The molecule has 0 unspecified atom stereocenters. The first-order valence-corrected chi connectivity index (χ1v) is 30.1. The van der Waals surface area contributed by atoms with Crippen molar-refractivity contribution in [2.75, 3.05) is 13.2 Å². The highest BCUT2D eigenvalue weighted by molar-refractivity contribution is 5.71. The molecule has 0 saturated carbocycles. The second-order valence-electron chi connectivity index (χ2n) is 20.3. The summed E-state index contributed by atoms with van der Waals surface area (Å²) in [6, 6.07) is 0. The third kappa shape index (κ3) is 56.2. The maximum atomic E-state index is 12.9. The van der Waals surface area contributed by atoms with Gasteiger partial charge in [-0.2, -0.15) is 0 Å². The zero-order chi connectivity index (χ0) is 50.0. The van der Waals surface area contributed by atoms with E-state index in [1.54, 1.807) is 0 Å². The van der Waals surface area contributed by atoms with Gasteiger partial charge in [0.2, 0.25) is 0 Å². The Balaban J connectivity index is 4.38. The van der Waals surface area contributed by atoms with Gasteiger partial charge in [0.15, 0.2) is 6.10 Å². The Morgan fingerprint density at radius 2 is 0.536 bits per heavy atom. The zero-order valence-corrected chi connectivity index (χ0v) is 46.1. The van der Waals surface area contributed by atoms with Crippen LogP contribution in [0, 0.1) is 0 Å². The number of rotatable bonds is 55. The van der Waals surface area contributed by atoms with Gasteiger partial charge >= 0.3 is 17.9 Å². The van der Waals surface area contributed by atoms with Crippen LogP contribution in [0.2, 0.25) is 0 Å². The number of hydrogen-bond donors (Lipinski definition) is 0. The molecular weight excluding hydrogens is 853 g/mol. The molecule has 0 aliphatic heterocycles. The minimum Gasteiger partial charge on any atom is -0.462 e. The normalized spacial score (nSPS) is 12.3. The first-order chi connectivity index (χ1) is 34.0. The third-order valence-corrected chi connectivity index (χ3v) is 13.3. The molecule has 69 heavy (non-hydrogen) atoms. The Morgan fingerprint density at radius 1 is 0.290 bits per heavy atom. The van der Waals surface area contributed by atoms with Gasteiger partial charge in [0, 0.05) is 19.3 Å². The number of carbonyl (C=O) groups excluding carboxylic acids is 3. The summed E-state index contributed by atoms with van der Waals surface area (Å²) in [6.07, 6.45) is 71.1. The maximum absolute atomic E-state index is 12.9. The molecule has 0 fully saturated rings. The minimum absolute atomic E-state index is 0.0855. The van der Waals surface area contributed by atoms with Crippen LogP contribution in [0.4, 0.5) is 0 Å². The summed E-state index contributed by atoms with van der Waals surface area (Å²) in [4.78, 5) is 38.2. The van der Waals surface area contributed by atoms with Crippen LogP contribution >= 0.6 is 0 Å². The molecule has 0 aliphatic rings. The zero-order valence-electron chi connectivity index (χ0n) is 46.1. The van der Waals surface area contributed by atoms with E-state index in [0.717, 1.165) is 57.8 Å². The Bertz CT molecular complexity index is 1200. The summed E-state index contributed by atoms with van der Waals surface area (Å²) in [7, 11) is 0. The topological polar surface area (TPSA) is 78.9 Å².